The van der Waals surface area contributed by atoms with Crippen molar-refractivity contribution in [3.8, 4) is 0 Å². The smallest absolute Gasteiger partial charge is 0.0646 e. The van der Waals surface area contributed by atoms with Crippen LogP contribution in [0.5, 0.6) is 0 Å². The van der Waals surface area contributed by atoms with Crippen LogP contribution in [0, 0.1) is 6.92 Å². The maximum atomic E-state index is 5.69. The van der Waals surface area contributed by atoms with Gasteiger partial charge < -0.3 is 15.8 Å². The van der Waals surface area contributed by atoms with Crippen LogP contribution in [0.15, 0.2) is 18.2 Å². The number of nitrogen functional groups attached to an aromatic ring is 1. The highest BCUT2D eigenvalue weighted by molar-refractivity contribution is 5.57. The van der Waals surface area contributed by atoms with Crippen LogP contribution in [0.3, 0.4) is 0 Å². The van der Waals surface area contributed by atoms with Crippen LogP contribution in [0.1, 0.15) is 26.3 Å². The number of nitrogens with one attached hydrogen (secondary N) is 1. The fourth-order valence-electron chi connectivity index (χ4n) is 1.43. The van der Waals surface area contributed by atoms with Gasteiger partial charge in [-0.3, -0.25) is 0 Å². The lowest BCUT2D eigenvalue weighted by atomic mass is 10.2. The molecular weight excluding hydrogens is 200 g/mol. The average molecular weight is 222 g/mol. The zero-order chi connectivity index (χ0) is 12.2. The molecule has 0 aliphatic heterocycles. The van der Waals surface area contributed by atoms with Gasteiger partial charge in [0.15, 0.2) is 0 Å². The quantitative estimate of drug-likeness (QED) is 0.608. The molecule has 0 spiro atoms. The fraction of sp³-hybridized carbons (Fsp3) is 0.538. The Bertz CT molecular complexity index is 342. The molecule has 0 saturated carbocycles. The van der Waals surface area contributed by atoms with Crippen LogP contribution in [-0.4, -0.2) is 18.8 Å². The summed E-state index contributed by atoms with van der Waals surface area (Å²) in [5, 5.41) is 3.33. The molecule has 3 heteroatoms. The van der Waals surface area contributed by atoms with Gasteiger partial charge in [0.25, 0.3) is 0 Å². The topological polar surface area (TPSA) is 47.3 Å². The van der Waals surface area contributed by atoms with Gasteiger partial charge in [0.1, 0.15) is 0 Å². The summed E-state index contributed by atoms with van der Waals surface area (Å²) in [4.78, 5) is 0. The summed E-state index contributed by atoms with van der Waals surface area (Å²) in [5.41, 5.74) is 8.70. The second-order valence-corrected chi connectivity index (χ2v) is 4.96. The molecule has 0 radical (unpaired) electrons. The fourth-order valence-corrected chi connectivity index (χ4v) is 1.43. The molecule has 1 rings (SSSR count). The van der Waals surface area contributed by atoms with Crippen LogP contribution >= 0.6 is 0 Å². The van der Waals surface area contributed by atoms with Crippen molar-refractivity contribution >= 4 is 11.4 Å². The van der Waals surface area contributed by atoms with Crippen molar-refractivity contribution in [1.82, 2.24) is 0 Å². The highest BCUT2D eigenvalue weighted by Crippen LogP contribution is 2.17. The molecule has 0 bridgehead atoms. The predicted molar refractivity (Wildman–Crippen MR) is 69.8 cm³/mol. The van der Waals surface area contributed by atoms with Crippen molar-refractivity contribution in [2.45, 2.75) is 33.3 Å². The molecule has 1 aromatic rings. The number of ether oxygens (including phenoxy) is 1. The van der Waals surface area contributed by atoms with Gasteiger partial charge in [-0.25, -0.2) is 0 Å². The summed E-state index contributed by atoms with van der Waals surface area (Å²) in [7, 11) is 0. The van der Waals surface area contributed by atoms with Gasteiger partial charge in [-0.2, -0.15) is 0 Å². The molecule has 0 amide bonds. The summed E-state index contributed by atoms with van der Waals surface area (Å²) in [6.45, 7) is 9.73. The van der Waals surface area contributed by atoms with E-state index in [1.165, 1.54) is 0 Å². The lowest BCUT2D eigenvalue weighted by Gasteiger charge is -2.20. The SMILES string of the molecule is Cc1cc(N)ccc1NCCOC(C)(C)C. The summed E-state index contributed by atoms with van der Waals surface area (Å²) in [6.07, 6.45) is 0. The van der Waals surface area contributed by atoms with E-state index in [2.05, 4.69) is 26.1 Å². The van der Waals surface area contributed by atoms with Crippen LogP contribution in [0.2, 0.25) is 0 Å². The van der Waals surface area contributed by atoms with E-state index in [0.717, 1.165) is 23.5 Å². The minimum atomic E-state index is -0.0716. The molecule has 0 heterocycles. The molecule has 16 heavy (non-hydrogen) atoms. The van der Waals surface area contributed by atoms with Crippen molar-refractivity contribution in [2.75, 3.05) is 24.2 Å². The first-order chi connectivity index (χ1) is 7.38. The summed E-state index contributed by atoms with van der Waals surface area (Å²) in [6, 6.07) is 5.87. The molecule has 0 aliphatic carbocycles. The lowest BCUT2D eigenvalue weighted by molar-refractivity contribution is 0.00333. The van der Waals surface area contributed by atoms with Gasteiger partial charge in [0.05, 0.1) is 12.2 Å². The highest BCUT2D eigenvalue weighted by Gasteiger charge is 2.08. The molecule has 0 fully saturated rings. The second kappa shape index (κ2) is 5.21. The molecule has 0 unspecified atom stereocenters. The third kappa shape index (κ3) is 4.53. The van der Waals surface area contributed by atoms with Gasteiger partial charge in [-0.15, -0.1) is 0 Å². The normalized spacial score (nSPS) is 11.5. The van der Waals surface area contributed by atoms with Gasteiger partial charge in [0.2, 0.25) is 0 Å². The maximum absolute atomic E-state index is 5.69. The average Bonchev–Trinajstić information content (AvgIpc) is 2.13. The third-order valence-electron chi connectivity index (χ3n) is 2.20. The zero-order valence-electron chi connectivity index (χ0n) is 10.6. The Morgan fingerprint density at radius 2 is 2.00 bits per heavy atom. The van der Waals surface area contributed by atoms with Crippen molar-refractivity contribution < 1.29 is 4.74 Å². The maximum Gasteiger partial charge on any atom is 0.0646 e. The van der Waals surface area contributed by atoms with Gasteiger partial charge >= 0.3 is 0 Å². The lowest BCUT2D eigenvalue weighted by Crippen LogP contribution is -2.23. The minimum absolute atomic E-state index is 0.0716. The molecule has 90 valence electrons. The number of rotatable bonds is 4. The Morgan fingerprint density at radius 3 is 2.56 bits per heavy atom. The molecule has 0 atom stereocenters. The Balaban J connectivity index is 2.38. The highest BCUT2D eigenvalue weighted by atomic mass is 16.5. The molecular formula is C13H22N2O. The first-order valence-electron chi connectivity index (χ1n) is 5.62. The molecule has 0 aromatic heterocycles. The molecule has 3 N–H and O–H groups in total. The first kappa shape index (κ1) is 12.8. The Hall–Kier alpha value is -1.22. The van der Waals surface area contributed by atoms with E-state index >= 15 is 0 Å². The van der Waals surface area contributed by atoms with Crippen molar-refractivity contribution in [3.63, 3.8) is 0 Å². The van der Waals surface area contributed by atoms with Gasteiger partial charge in [-0.1, -0.05) is 0 Å². The van der Waals surface area contributed by atoms with Crippen molar-refractivity contribution in [3.05, 3.63) is 23.8 Å². The van der Waals surface area contributed by atoms with E-state index in [1.54, 1.807) is 0 Å². The number of anilines is 2. The molecule has 0 saturated heterocycles. The van der Waals surface area contributed by atoms with Crippen LogP contribution in [0.4, 0.5) is 11.4 Å². The zero-order valence-corrected chi connectivity index (χ0v) is 10.6. The monoisotopic (exact) mass is 222 g/mol. The van der Waals surface area contributed by atoms with Gasteiger partial charge in [-0.05, 0) is 51.5 Å². The van der Waals surface area contributed by atoms with Crippen LogP contribution < -0.4 is 11.1 Å². The number of hydrogen-bond acceptors (Lipinski definition) is 3. The number of hydrogen-bond donors (Lipinski definition) is 2. The standard InChI is InChI=1S/C13H22N2O/c1-10-9-11(14)5-6-12(10)15-7-8-16-13(2,3)4/h5-6,9,15H,7-8,14H2,1-4H3. The van der Waals surface area contributed by atoms with Crippen molar-refractivity contribution in [1.29, 1.82) is 0 Å². The Kier molecular flexibility index (Phi) is 4.19. The van der Waals surface area contributed by atoms with Gasteiger partial charge in [0, 0.05) is 17.9 Å². The molecule has 0 aliphatic rings. The predicted octanol–water partition coefficient (Wildman–Crippen LogP) is 2.80. The van der Waals surface area contributed by atoms with E-state index in [4.69, 9.17) is 10.5 Å². The van der Waals surface area contributed by atoms with E-state index in [9.17, 15) is 0 Å². The number of aryl methyl sites for hydroxylation is 1. The van der Waals surface area contributed by atoms with Crippen LogP contribution in [0.25, 0.3) is 0 Å². The molecule has 1 aromatic carbocycles. The minimum Gasteiger partial charge on any atom is -0.399 e. The van der Waals surface area contributed by atoms with E-state index in [0.29, 0.717) is 6.61 Å². The van der Waals surface area contributed by atoms with E-state index < -0.39 is 0 Å². The Labute approximate surface area is 98.0 Å². The Morgan fingerprint density at radius 1 is 1.31 bits per heavy atom. The number of nitrogens with two attached hydrogens (primary N) is 1. The summed E-state index contributed by atoms with van der Waals surface area (Å²) < 4.78 is 5.63. The molecule has 3 nitrogen and oxygen atoms in total. The third-order valence-corrected chi connectivity index (χ3v) is 2.20. The van der Waals surface area contributed by atoms with E-state index in [-0.39, 0.29) is 5.60 Å². The number of benzene rings is 1. The second-order valence-electron chi connectivity index (χ2n) is 4.96. The van der Waals surface area contributed by atoms with E-state index in [1.807, 2.05) is 25.1 Å². The van der Waals surface area contributed by atoms with Crippen molar-refractivity contribution in [2.24, 2.45) is 0 Å². The van der Waals surface area contributed by atoms with Crippen LogP contribution in [-0.2, 0) is 4.74 Å². The first-order valence-corrected chi connectivity index (χ1v) is 5.62. The summed E-state index contributed by atoms with van der Waals surface area (Å²) in [5.74, 6) is 0. The summed E-state index contributed by atoms with van der Waals surface area (Å²) >= 11 is 0. The largest absolute Gasteiger partial charge is 0.399 e.